The molecule has 1 heterocycles. The predicted molar refractivity (Wildman–Crippen MR) is 37.3 cm³/mol. The number of guanidine groups is 1. The van der Waals surface area contributed by atoms with Crippen molar-refractivity contribution in [3.8, 4) is 0 Å². The number of hydrazone groups is 1. The lowest BCUT2D eigenvalue weighted by Gasteiger charge is -2.14. The molecular weight excluding hydrogens is 116 g/mol. The molecule has 0 aromatic rings. The van der Waals surface area contributed by atoms with E-state index in [0.29, 0.717) is 5.96 Å². The summed E-state index contributed by atoms with van der Waals surface area (Å²) in [6, 6.07) is 0.220. The summed E-state index contributed by atoms with van der Waals surface area (Å²) < 4.78 is 0. The van der Waals surface area contributed by atoms with Crippen LogP contribution in [-0.2, 0) is 0 Å². The van der Waals surface area contributed by atoms with Crippen LogP contribution in [0.5, 0.6) is 0 Å². The second-order valence-electron chi connectivity index (χ2n) is 2.07. The van der Waals surface area contributed by atoms with Crippen LogP contribution in [0.1, 0.15) is 13.8 Å². The van der Waals surface area contributed by atoms with E-state index < -0.39 is 0 Å². The maximum Gasteiger partial charge on any atom is 0.237 e. The molecule has 0 aromatic heterocycles. The van der Waals surface area contributed by atoms with Crippen molar-refractivity contribution in [2.24, 2.45) is 15.8 Å². The first-order chi connectivity index (χ1) is 4.20. The Balaban J connectivity index is 2.74. The first kappa shape index (κ1) is 6.07. The summed E-state index contributed by atoms with van der Waals surface area (Å²) in [6.45, 7) is 3.90. The van der Waals surface area contributed by atoms with E-state index in [1.54, 1.807) is 0 Å². The fourth-order valence-electron chi connectivity index (χ4n) is 0.559. The summed E-state index contributed by atoms with van der Waals surface area (Å²) in [7, 11) is 0. The minimum atomic E-state index is 0.220. The Bertz CT molecular complexity index is 170. The van der Waals surface area contributed by atoms with Crippen molar-refractivity contribution >= 4 is 11.7 Å². The molecule has 0 aliphatic carbocycles. The highest BCUT2D eigenvalue weighted by Crippen LogP contribution is 1.92. The molecule has 0 spiro atoms. The van der Waals surface area contributed by atoms with E-state index >= 15 is 0 Å². The Labute approximate surface area is 53.8 Å². The van der Waals surface area contributed by atoms with Crippen LogP contribution >= 0.6 is 0 Å². The lowest BCUT2D eigenvalue weighted by atomic mass is 10.2. The van der Waals surface area contributed by atoms with Gasteiger partial charge in [-0.1, -0.05) is 0 Å². The normalized spacial score (nSPS) is 26.2. The van der Waals surface area contributed by atoms with Gasteiger partial charge in [-0.15, -0.1) is 5.10 Å². The first-order valence-corrected chi connectivity index (χ1v) is 2.84. The van der Waals surface area contributed by atoms with Crippen molar-refractivity contribution in [1.29, 1.82) is 0 Å². The van der Waals surface area contributed by atoms with Gasteiger partial charge >= 0.3 is 0 Å². The molecular formula is C5H10N4. The van der Waals surface area contributed by atoms with Gasteiger partial charge in [0.25, 0.3) is 0 Å². The number of nitrogens with one attached hydrogen (secondary N) is 1. The van der Waals surface area contributed by atoms with Crippen molar-refractivity contribution in [3.63, 3.8) is 0 Å². The fourth-order valence-corrected chi connectivity index (χ4v) is 0.559. The van der Waals surface area contributed by atoms with Crippen molar-refractivity contribution < 1.29 is 0 Å². The third kappa shape index (κ3) is 1.19. The summed E-state index contributed by atoms with van der Waals surface area (Å²) in [4.78, 5) is 3.95. The van der Waals surface area contributed by atoms with Crippen molar-refractivity contribution in [3.05, 3.63) is 0 Å². The quantitative estimate of drug-likeness (QED) is 0.466. The van der Waals surface area contributed by atoms with Gasteiger partial charge in [0.15, 0.2) is 0 Å². The third-order valence-electron chi connectivity index (χ3n) is 1.29. The Morgan fingerprint density at radius 2 is 2.33 bits per heavy atom. The van der Waals surface area contributed by atoms with Crippen molar-refractivity contribution in [2.45, 2.75) is 19.9 Å². The smallest absolute Gasteiger partial charge is 0.237 e. The van der Waals surface area contributed by atoms with Crippen LogP contribution < -0.4 is 11.2 Å². The predicted octanol–water partition coefficient (Wildman–Crippen LogP) is -0.331. The molecule has 4 nitrogen and oxygen atoms in total. The SMILES string of the molecule is CC1=NC(N)=NNC1C. The van der Waals surface area contributed by atoms with Gasteiger partial charge in [-0.05, 0) is 13.8 Å². The van der Waals surface area contributed by atoms with Crippen LogP contribution in [0.2, 0.25) is 0 Å². The van der Waals surface area contributed by atoms with E-state index in [1.165, 1.54) is 0 Å². The molecule has 1 atom stereocenters. The maximum atomic E-state index is 5.29. The minimum Gasteiger partial charge on any atom is -0.367 e. The second kappa shape index (κ2) is 2.05. The minimum absolute atomic E-state index is 0.220. The van der Waals surface area contributed by atoms with Gasteiger partial charge in [0.1, 0.15) is 0 Å². The standard InChI is InChI=1S/C5H10N4/c1-3-4(2)8-9-5(6)7-3/h4,8H,1-2H3,(H2,6,9). The summed E-state index contributed by atoms with van der Waals surface area (Å²) in [5.41, 5.74) is 9.08. The van der Waals surface area contributed by atoms with Gasteiger partial charge < -0.3 is 5.73 Å². The van der Waals surface area contributed by atoms with Crippen LogP contribution in [0, 0.1) is 0 Å². The highest BCUT2D eigenvalue weighted by atomic mass is 15.4. The van der Waals surface area contributed by atoms with Crippen LogP contribution in [0.25, 0.3) is 0 Å². The molecule has 1 aliphatic heterocycles. The Morgan fingerprint density at radius 3 is 2.78 bits per heavy atom. The van der Waals surface area contributed by atoms with Gasteiger partial charge in [-0.25, -0.2) is 4.99 Å². The van der Waals surface area contributed by atoms with Crippen molar-refractivity contribution in [1.82, 2.24) is 5.43 Å². The molecule has 3 N–H and O–H groups in total. The Kier molecular flexibility index (Phi) is 1.38. The number of nitrogens with zero attached hydrogens (tertiary/aromatic N) is 2. The van der Waals surface area contributed by atoms with Crippen LogP contribution in [0.4, 0.5) is 0 Å². The molecule has 0 saturated carbocycles. The van der Waals surface area contributed by atoms with Gasteiger partial charge in [-0.2, -0.15) is 0 Å². The lowest BCUT2D eigenvalue weighted by molar-refractivity contribution is 0.684. The molecule has 0 aromatic carbocycles. The van der Waals surface area contributed by atoms with Gasteiger partial charge in [0, 0.05) is 5.71 Å². The highest BCUT2D eigenvalue weighted by Gasteiger charge is 2.08. The number of nitrogens with two attached hydrogens (primary N) is 1. The molecule has 0 amide bonds. The molecule has 1 unspecified atom stereocenters. The van der Waals surface area contributed by atoms with E-state index in [0.717, 1.165) is 5.71 Å². The lowest BCUT2D eigenvalue weighted by Crippen LogP contribution is -2.35. The number of hydrogen-bond acceptors (Lipinski definition) is 4. The zero-order chi connectivity index (χ0) is 6.85. The fraction of sp³-hybridized carbons (Fsp3) is 0.600. The van der Waals surface area contributed by atoms with Gasteiger partial charge in [0.05, 0.1) is 6.04 Å². The molecule has 0 radical (unpaired) electrons. The third-order valence-corrected chi connectivity index (χ3v) is 1.29. The average Bonchev–Trinajstić information content (AvgIpc) is 1.80. The van der Waals surface area contributed by atoms with E-state index in [4.69, 9.17) is 5.73 Å². The zero-order valence-corrected chi connectivity index (χ0v) is 5.55. The van der Waals surface area contributed by atoms with Gasteiger partial charge in [-0.3, -0.25) is 5.43 Å². The molecule has 4 heteroatoms. The maximum absolute atomic E-state index is 5.29. The van der Waals surface area contributed by atoms with E-state index in [2.05, 4.69) is 15.5 Å². The molecule has 0 fully saturated rings. The molecule has 1 aliphatic rings. The van der Waals surface area contributed by atoms with Crippen LogP contribution in [0.3, 0.4) is 0 Å². The molecule has 1 rings (SSSR count). The van der Waals surface area contributed by atoms with E-state index in [1.807, 2.05) is 13.8 Å². The number of aliphatic imine (C=N–C) groups is 1. The average molecular weight is 126 g/mol. The largest absolute Gasteiger partial charge is 0.367 e. The summed E-state index contributed by atoms with van der Waals surface area (Å²) >= 11 is 0. The first-order valence-electron chi connectivity index (χ1n) is 2.84. The Morgan fingerprint density at radius 1 is 1.67 bits per heavy atom. The van der Waals surface area contributed by atoms with E-state index in [-0.39, 0.29) is 6.04 Å². The van der Waals surface area contributed by atoms with Gasteiger partial charge in [0.2, 0.25) is 5.96 Å². The monoisotopic (exact) mass is 126 g/mol. The second-order valence-corrected chi connectivity index (χ2v) is 2.07. The molecule has 9 heavy (non-hydrogen) atoms. The van der Waals surface area contributed by atoms with E-state index in [9.17, 15) is 0 Å². The molecule has 0 bridgehead atoms. The summed E-state index contributed by atoms with van der Waals surface area (Å²) in [6.07, 6.45) is 0. The topological polar surface area (TPSA) is 62.8 Å². The zero-order valence-electron chi connectivity index (χ0n) is 5.55. The number of hydrogen-bond donors (Lipinski definition) is 2. The molecule has 50 valence electrons. The summed E-state index contributed by atoms with van der Waals surface area (Å²) in [5, 5.41) is 3.72. The van der Waals surface area contributed by atoms with Crippen LogP contribution in [-0.4, -0.2) is 17.7 Å². The number of rotatable bonds is 0. The Hall–Kier alpha value is -1.06. The highest BCUT2D eigenvalue weighted by molar-refractivity contribution is 5.99. The van der Waals surface area contributed by atoms with Crippen LogP contribution in [0.15, 0.2) is 10.1 Å². The molecule has 0 saturated heterocycles. The summed E-state index contributed by atoms with van der Waals surface area (Å²) in [5.74, 6) is 0.311. The van der Waals surface area contributed by atoms with Crippen molar-refractivity contribution in [2.75, 3.05) is 0 Å².